The van der Waals surface area contributed by atoms with E-state index in [1.54, 1.807) is 24.3 Å². The van der Waals surface area contributed by atoms with Crippen molar-refractivity contribution in [2.45, 2.75) is 0 Å². The van der Waals surface area contributed by atoms with E-state index in [4.69, 9.17) is 4.74 Å². The van der Waals surface area contributed by atoms with Gasteiger partial charge in [-0.3, -0.25) is 9.59 Å². The van der Waals surface area contributed by atoms with Crippen molar-refractivity contribution in [3.8, 4) is 5.75 Å². The number of amides is 1. The van der Waals surface area contributed by atoms with Crippen LogP contribution in [0.15, 0.2) is 24.3 Å². The van der Waals surface area contributed by atoms with Gasteiger partial charge in [-0.05, 0) is 12.1 Å². The normalized spacial score (nSPS) is 9.21. The highest BCUT2D eigenvalue weighted by molar-refractivity contribution is 5.77. The number of nitrogens with one attached hydrogen (secondary N) is 1. The van der Waals surface area contributed by atoms with E-state index in [1.807, 2.05) is 0 Å². The number of carbonyl (C=O) groups excluding carboxylic acids is 2. The number of ether oxygens (including phenoxy) is 1. The summed E-state index contributed by atoms with van der Waals surface area (Å²) in [5.41, 5.74) is 0.527. The monoisotopic (exact) mass is 193 g/mol. The first-order chi connectivity index (χ1) is 6.76. The lowest BCUT2D eigenvalue weighted by Crippen LogP contribution is -2.24. The number of hydrogen-bond acceptors (Lipinski definition) is 3. The van der Waals surface area contributed by atoms with E-state index < -0.39 is 0 Å². The van der Waals surface area contributed by atoms with Crippen molar-refractivity contribution in [1.29, 1.82) is 0 Å². The van der Waals surface area contributed by atoms with Gasteiger partial charge in [-0.15, -0.1) is 0 Å². The summed E-state index contributed by atoms with van der Waals surface area (Å²) in [5, 5.41) is 2.43. The first kappa shape index (κ1) is 10.2. The first-order valence-corrected chi connectivity index (χ1v) is 4.15. The van der Waals surface area contributed by atoms with Crippen LogP contribution >= 0.6 is 0 Å². The van der Waals surface area contributed by atoms with Crippen molar-refractivity contribution >= 4 is 12.2 Å². The number of benzene rings is 1. The highest BCUT2D eigenvalue weighted by Gasteiger charge is 1.99. The Morgan fingerprint density at radius 3 is 3.00 bits per heavy atom. The average molecular weight is 193 g/mol. The van der Waals surface area contributed by atoms with Crippen molar-refractivity contribution in [2.24, 2.45) is 0 Å². The summed E-state index contributed by atoms with van der Waals surface area (Å²) in [5.74, 6) is 0.305. The topological polar surface area (TPSA) is 55.4 Å². The van der Waals surface area contributed by atoms with Gasteiger partial charge in [-0.2, -0.15) is 0 Å². The summed E-state index contributed by atoms with van der Waals surface area (Å²) < 4.78 is 5.13. The molecule has 0 saturated heterocycles. The van der Waals surface area contributed by atoms with Crippen LogP contribution in [0.25, 0.3) is 0 Å². The van der Waals surface area contributed by atoms with E-state index in [0.29, 0.717) is 11.3 Å². The van der Waals surface area contributed by atoms with Gasteiger partial charge >= 0.3 is 0 Å². The molecular formula is C10H11NO3. The molecule has 0 fully saturated rings. The summed E-state index contributed by atoms with van der Waals surface area (Å²) in [6.45, 7) is -0.0428. The fraction of sp³-hybridized carbons (Fsp3) is 0.200. The van der Waals surface area contributed by atoms with Gasteiger partial charge in [-0.1, -0.05) is 12.1 Å². The highest BCUT2D eigenvalue weighted by Crippen LogP contribution is 2.11. The second kappa shape index (κ2) is 5.01. The second-order valence-electron chi connectivity index (χ2n) is 2.65. The molecule has 4 heteroatoms. The molecular weight excluding hydrogens is 182 g/mol. The predicted molar refractivity (Wildman–Crippen MR) is 51.4 cm³/mol. The molecule has 0 saturated carbocycles. The maximum absolute atomic E-state index is 10.8. The van der Waals surface area contributed by atoms with Crippen molar-refractivity contribution in [2.75, 3.05) is 13.7 Å². The standard InChI is InChI=1S/C10H11NO3/c1-11-10(13)7-14-9-4-2-3-8(5-9)6-12/h2-6H,7H2,1H3,(H,11,13). The summed E-state index contributed by atoms with van der Waals surface area (Å²) >= 11 is 0. The zero-order valence-corrected chi connectivity index (χ0v) is 7.82. The highest BCUT2D eigenvalue weighted by atomic mass is 16.5. The van der Waals surface area contributed by atoms with Crippen LogP contribution in [0.1, 0.15) is 10.4 Å². The van der Waals surface area contributed by atoms with Gasteiger partial charge in [0.15, 0.2) is 6.61 Å². The van der Waals surface area contributed by atoms with Crippen LogP contribution in [0.2, 0.25) is 0 Å². The fourth-order valence-corrected chi connectivity index (χ4v) is 0.899. The number of hydrogen-bond donors (Lipinski definition) is 1. The van der Waals surface area contributed by atoms with Crippen LogP contribution in [-0.2, 0) is 4.79 Å². The lowest BCUT2D eigenvalue weighted by molar-refractivity contribution is -0.122. The molecule has 1 amide bonds. The van der Waals surface area contributed by atoms with Crippen LogP contribution in [0, 0.1) is 0 Å². The summed E-state index contributed by atoms with van der Waals surface area (Å²) in [6, 6.07) is 6.63. The molecule has 0 aromatic heterocycles. The molecule has 0 unspecified atom stereocenters. The van der Waals surface area contributed by atoms with E-state index in [2.05, 4.69) is 5.32 Å². The minimum Gasteiger partial charge on any atom is -0.484 e. The molecule has 0 atom stereocenters. The van der Waals surface area contributed by atoms with E-state index in [1.165, 1.54) is 7.05 Å². The minimum absolute atomic E-state index is 0.0428. The molecule has 0 aliphatic heterocycles. The molecule has 1 aromatic rings. The van der Waals surface area contributed by atoms with E-state index >= 15 is 0 Å². The number of aldehydes is 1. The average Bonchev–Trinajstić information content (AvgIpc) is 2.26. The second-order valence-corrected chi connectivity index (χ2v) is 2.65. The molecule has 1 N–H and O–H groups in total. The maximum atomic E-state index is 10.8. The van der Waals surface area contributed by atoms with Gasteiger partial charge in [0.2, 0.25) is 0 Å². The molecule has 0 spiro atoms. The Bertz CT molecular complexity index is 336. The summed E-state index contributed by atoms with van der Waals surface area (Å²) in [6.07, 6.45) is 0.729. The molecule has 0 aliphatic carbocycles. The Labute approximate surface area is 81.9 Å². The molecule has 0 radical (unpaired) electrons. The molecule has 0 aliphatic rings. The van der Waals surface area contributed by atoms with Crippen LogP contribution in [0.3, 0.4) is 0 Å². The molecule has 74 valence electrons. The molecule has 4 nitrogen and oxygen atoms in total. The third kappa shape index (κ3) is 2.90. The zero-order valence-electron chi connectivity index (χ0n) is 7.82. The fourth-order valence-electron chi connectivity index (χ4n) is 0.899. The number of rotatable bonds is 4. The van der Waals surface area contributed by atoms with Crippen molar-refractivity contribution < 1.29 is 14.3 Å². The molecule has 1 rings (SSSR count). The smallest absolute Gasteiger partial charge is 0.257 e. The summed E-state index contributed by atoms with van der Waals surface area (Å²) in [7, 11) is 1.54. The first-order valence-electron chi connectivity index (χ1n) is 4.15. The van der Waals surface area contributed by atoms with Crippen molar-refractivity contribution in [3.63, 3.8) is 0 Å². The Morgan fingerprint density at radius 1 is 1.57 bits per heavy atom. The van der Waals surface area contributed by atoms with Gasteiger partial charge in [0, 0.05) is 12.6 Å². The Kier molecular flexibility index (Phi) is 3.67. The summed E-state index contributed by atoms with van der Waals surface area (Å²) in [4.78, 5) is 21.3. The van der Waals surface area contributed by atoms with Crippen LogP contribution < -0.4 is 10.1 Å². The van der Waals surface area contributed by atoms with E-state index in [-0.39, 0.29) is 12.5 Å². The Morgan fingerprint density at radius 2 is 2.36 bits per heavy atom. The maximum Gasteiger partial charge on any atom is 0.257 e. The van der Waals surface area contributed by atoms with Gasteiger partial charge in [0.25, 0.3) is 5.91 Å². The van der Waals surface area contributed by atoms with Gasteiger partial charge in [0.1, 0.15) is 12.0 Å². The van der Waals surface area contributed by atoms with Gasteiger partial charge in [-0.25, -0.2) is 0 Å². The van der Waals surface area contributed by atoms with Crippen molar-refractivity contribution in [3.05, 3.63) is 29.8 Å². The predicted octanol–water partition coefficient (Wildman–Crippen LogP) is 0.624. The third-order valence-corrected chi connectivity index (χ3v) is 1.64. The molecule has 0 heterocycles. The van der Waals surface area contributed by atoms with Crippen LogP contribution in [0.5, 0.6) is 5.75 Å². The van der Waals surface area contributed by atoms with Gasteiger partial charge < -0.3 is 10.1 Å². The van der Waals surface area contributed by atoms with E-state index in [0.717, 1.165) is 6.29 Å². The van der Waals surface area contributed by atoms with E-state index in [9.17, 15) is 9.59 Å². The third-order valence-electron chi connectivity index (χ3n) is 1.64. The van der Waals surface area contributed by atoms with Crippen LogP contribution in [0.4, 0.5) is 0 Å². The van der Waals surface area contributed by atoms with Crippen molar-refractivity contribution in [1.82, 2.24) is 5.32 Å². The van der Waals surface area contributed by atoms with Crippen LogP contribution in [-0.4, -0.2) is 25.8 Å². The molecule has 0 bridgehead atoms. The zero-order chi connectivity index (χ0) is 10.4. The lowest BCUT2D eigenvalue weighted by atomic mass is 10.2. The SMILES string of the molecule is CNC(=O)COc1cccc(C=O)c1. The number of carbonyl (C=O) groups is 2. The number of likely N-dealkylation sites (N-methyl/N-ethyl adjacent to an activating group) is 1. The molecule has 14 heavy (non-hydrogen) atoms. The Hall–Kier alpha value is -1.84. The minimum atomic E-state index is -0.207. The lowest BCUT2D eigenvalue weighted by Gasteiger charge is -2.04. The quantitative estimate of drug-likeness (QED) is 0.713. The Balaban J connectivity index is 2.58. The van der Waals surface area contributed by atoms with Gasteiger partial charge in [0.05, 0.1) is 0 Å². The molecule has 1 aromatic carbocycles. The largest absolute Gasteiger partial charge is 0.484 e.